The monoisotopic (exact) mass is 703 g/mol. The molecule has 0 bridgehead atoms. The van der Waals surface area contributed by atoms with Crippen molar-refractivity contribution in [2.24, 2.45) is 0 Å². The highest BCUT2D eigenvalue weighted by Gasteiger charge is 2.34. The Morgan fingerprint density at radius 2 is 0.891 bits per heavy atom. The van der Waals surface area contributed by atoms with Gasteiger partial charge in [-0.2, -0.15) is 0 Å². The number of ether oxygens (including phenoxy) is 1. The molecular formula is C51H33N3O. The summed E-state index contributed by atoms with van der Waals surface area (Å²) < 4.78 is 6.58. The van der Waals surface area contributed by atoms with Crippen molar-refractivity contribution >= 4 is 37.9 Å². The van der Waals surface area contributed by atoms with Gasteiger partial charge in [-0.15, -0.1) is 0 Å². The van der Waals surface area contributed by atoms with Crippen LogP contribution in [0.4, 0.5) is 0 Å². The highest BCUT2D eigenvalue weighted by atomic mass is 16.5. The smallest absolute Gasteiger partial charge is 0.164 e. The first kappa shape index (κ1) is 31.4. The largest absolute Gasteiger partial charge is 0.485 e. The maximum atomic E-state index is 6.58. The van der Waals surface area contributed by atoms with Gasteiger partial charge < -0.3 is 4.74 Å². The Morgan fingerprint density at radius 3 is 1.55 bits per heavy atom. The van der Waals surface area contributed by atoms with Crippen molar-refractivity contribution in [2.45, 2.75) is 12.0 Å². The fourth-order valence-electron chi connectivity index (χ4n) is 8.33. The van der Waals surface area contributed by atoms with E-state index in [2.05, 4.69) is 127 Å². The normalized spacial score (nSPS) is 15.8. The minimum absolute atomic E-state index is 0.0705. The molecule has 1 aliphatic carbocycles. The molecule has 0 N–H and O–H groups in total. The van der Waals surface area contributed by atoms with Crippen LogP contribution in [0.1, 0.15) is 17.0 Å². The van der Waals surface area contributed by atoms with Gasteiger partial charge in [0.15, 0.2) is 17.5 Å². The van der Waals surface area contributed by atoms with Crippen molar-refractivity contribution in [3.8, 4) is 51.0 Å². The number of aromatic nitrogens is 3. The number of fused-ring (bicyclic) bond motifs is 9. The van der Waals surface area contributed by atoms with E-state index in [1.807, 2.05) is 60.7 Å². The predicted octanol–water partition coefficient (Wildman–Crippen LogP) is 12.5. The van der Waals surface area contributed by atoms with Crippen LogP contribution in [-0.2, 0) is 0 Å². The van der Waals surface area contributed by atoms with Gasteiger partial charge in [0.2, 0.25) is 0 Å². The maximum absolute atomic E-state index is 6.58. The third kappa shape index (κ3) is 5.42. The maximum Gasteiger partial charge on any atom is 0.164 e. The van der Waals surface area contributed by atoms with Crippen LogP contribution >= 0.6 is 0 Å². The first-order valence-electron chi connectivity index (χ1n) is 18.8. The van der Waals surface area contributed by atoms with Crippen molar-refractivity contribution in [1.82, 2.24) is 15.0 Å². The summed E-state index contributed by atoms with van der Waals surface area (Å²) in [6.45, 7) is 0. The van der Waals surface area contributed by atoms with E-state index in [1.54, 1.807) is 0 Å². The molecule has 9 aromatic rings. The van der Waals surface area contributed by atoms with Crippen molar-refractivity contribution in [3.63, 3.8) is 0 Å². The molecule has 4 nitrogen and oxygen atoms in total. The van der Waals surface area contributed by atoms with E-state index in [1.165, 1.54) is 60.1 Å². The predicted molar refractivity (Wildman–Crippen MR) is 225 cm³/mol. The Hall–Kier alpha value is -7.17. The molecule has 2 atom stereocenters. The van der Waals surface area contributed by atoms with E-state index in [4.69, 9.17) is 19.7 Å². The summed E-state index contributed by atoms with van der Waals surface area (Å²) in [5.74, 6) is 2.87. The van der Waals surface area contributed by atoms with Crippen molar-refractivity contribution in [1.29, 1.82) is 0 Å². The molecule has 0 saturated heterocycles. The molecule has 2 unspecified atom stereocenters. The first-order chi connectivity index (χ1) is 27.2. The number of rotatable bonds is 5. The second kappa shape index (κ2) is 12.8. The molecule has 258 valence electrons. The summed E-state index contributed by atoms with van der Waals surface area (Å²) in [6.07, 6.45) is 6.69. The van der Waals surface area contributed by atoms with Crippen LogP contribution in [0.2, 0.25) is 0 Å². The molecule has 11 rings (SSSR count). The quantitative estimate of drug-likeness (QED) is 0.167. The summed E-state index contributed by atoms with van der Waals surface area (Å²) in [5, 5.41) is 7.72. The van der Waals surface area contributed by atoms with Gasteiger partial charge in [0.25, 0.3) is 0 Å². The molecule has 2 aliphatic rings. The van der Waals surface area contributed by atoms with Gasteiger partial charge in [0.1, 0.15) is 11.9 Å². The average molecular weight is 704 g/mol. The second-order valence-electron chi connectivity index (χ2n) is 14.3. The lowest BCUT2D eigenvalue weighted by Crippen LogP contribution is -2.16. The fourth-order valence-corrected chi connectivity index (χ4v) is 8.33. The van der Waals surface area contributed by atoms with E-state index in [-0.39, 0.29) is 12.0 Å². The molecule has 0 spiro atoms. The van der Waals surface area contributed by atoms with Crippen LogP contribution in [0, 0.1) is 0 Å². The lowest BCUT2D eigenvalue weighted by atomic mass is 9.86. The minimum Gasteiger partial charge on any atom is -0.485 e. The summed E-state index contributed by atoms with van der Waals surface area (Å²) in [4.78, 5) is 14.7. The van der Waals surface area contributed by atoms with Crippen LogP contribution in [0.15, 0.2) is 188 Å². The number of hydrogen-bond donors (Lipinski definition) is 0. The highest BCUT2D eigenvalue weighted by molar-refractivity contribution is 6.25. The summed E-state index contributed by atoms with van der Waals surface area (Å²) in [6, 6.07) is 59.8. The van der Waals surface area contributed by atoms with Gasteiger partial charge in [0.05, 0.1) is 0 Å². The van der Waals surface area contributed by atoms with Crippen molar-refractivity contribution in [3.05, 3.63) is 199 Å². The standard InChI is InChI=1S/C51H33N3O/c1-3-12-32(13-4-1)49-52-50(33-14-5-2-6-15-33)54-51(53-49)38-23-26-44-46-30-37(24-27-47(46)55-48(44)31-38)35-17-11-16-34(28-35)36-22-25-43-41-20-8-7-18-39(41)40-19-9-10-21-42(40)45(43)29-36/h1-31,46-47H. The van der Waals surface area contributed by atoms with Crippen LogP contribution in [0.3, 0.4) is 0 Å². The SMILES string of the molecule is C1=CC2Oc3cc(-c4nc(-c5ccccc5)nc(-c5ccccc5)n4)ccc3C2C=C1c1cccc(-c2ccc3c4ccccc4c4ccccc4c3c2)c1. The van der Waals surface area contributed by atoms with Crippen LogP contribution in [0.5, 0.6) is 5.75 Å². The van der Waals surface area contributed by atoms with Gasteiger partial charge in [-0.05, 0) is 78.9 Å². The van der Waals surface area contributed by atoms with E-state index in [0.29, 0.717) is 17.5 Å². The minimum atomic E-state index is -0.0705. The molecule has 1 aromatic heterocycles. The lowest BCUT2D eigenvalue weighted by molar-refractivity contribution is 0.269. The zero-order valence-electron chi connectivity index (χ0n) is 29.8. The summed E-state index contributed by atoms with van der Waals surface area (Å²) in [5.41, 5.74) is 8.74. The number of nitrogens with zero attached hydrogens (tertiary/aromatic N) is 3. The molecule has 0 amide bonds. The number of benzene rings is 8. The van der Waals surface area contributed by atoms with Gasteiger partial charge in [-0.25, -0.2) is 15.0 Å². The molecule has 0 radical (unpaired) electrons. The Balaban J connectivity index is 0.936. The Labute approximate surface area is 318 Å². The second-order valence-corrected chi connectivity index (χ2v) is 14.3. The number of hydrogen-bond acceptors (Lipinski definition) is 4. The van der Waals surface area contributed by atoms with Gasteiger partial charge in [-0.1, -0.05) is 164 Å². The zero-order valence-corrected chi connectivity index (χ0v) is 29.8. The van der Waals surface area contributed by atoms with Crippen molar-refractivity contribution in [2.75, 3.05) is 0 Å². The fraction of sp³-hybridized carbons (Fsp3) is 0.0392. The molecule has 4 heteroatoms. The Morgan fingerprint density at radius 1 is 0.382 bits per heavy atom. The molecule has 55 heavy (non-hydrogen) atoms. The van der Waals surface area contributed by atoms with Gasteiger partial charge >= 0.3 is 0 Å². The van der Waals surface area contributed by atoms with Crippen LogP contribution in [-0.4, -0.2) is 21.1 Å². The van der Waals surface area contributed by atoms with Gasteiger partial charge in [-0.3, -0.25) is 0 Å². The van der Waals surface area contributed by atoms with Crippen LogP contribution < -0.4 is 4.74 Å². The zero-order chi connectivity index (χ0) is 36.3. The summed E-state index contributed by atoms with van der Waals surface area (Å²) >= 11 is 0. The molecular weight excluding hydrogens is 671 g/mol. The average Bonchev–Trinajstić information content (AvgIpc) is 3.64. The molecule has 0 fully saturated rings. The van der Waals surface area contributed by atoms with Gasteiger partial charge in [0, 0.05) is 28.2 Å². The van der Waals surface area contributed by atoms with Crippen LogP contribution in [0.25, 0.3) is 83.2 Å². The molecule has 2 heterocycles. The van der Waals surface area contributed by atoms with E-state index >= 15 is 0 Å². The molecule has 1 aliphatic heterocycles. The molecule has 8 aromatic carbocycles. The topological polar surface area (TPSA) is 47.9 Å². The summed E-state index contributed by atoms with van der Waals surface area (Å²) in [7, 11) is 0. The van der Waals surface area contributed by atoms with E-state index < -0.39 is 0 Å². The molecule has 0 saturated carbocycles. The lowest BCUT2D eigenvalue weighted by Gasteiger charge is -2.19. The Bertz CT molecular complexity index is 2930. The van der Waals surface area contributed by atoms with E-state index in [0.717, 1.165) is 22.4 Å². The third-order valence-electron chi connectivity index (χ3n) is 11.0. The first-order valence-corrected chi connectivity index (χ1v) is 18.8. The van der Waals surface area contributed by atoms with Crippen molar-refractivity contribution < 1.29 is 4.74 Å². The number of allylic oxidation sites excluding steroid dienone is 2. The third-order valence-corrected chi connectivity index (χ3v) is 11.0. The Kier molecular flexibility index (Phi) is 7.27. The van der Waals surface area contributed by atoms with E-state index in [9.17, 15) is 0 Å². The highest BCUT2D eigenvalue weighted by Crippen LogP contribution is 2.45.